The highest BCUT2D eigenvalue weighted by Gasteiger charge is 2.26. The van der Waals surface area contributed by atoms with E-state index in [-0.39, 0.29) is 24.9 Å². The number of carbonyl (C=O) groups excluding carboxylic acids is 2. The Balaban J connectivity index is 2.28. The van der Waals surface area contributed by atoms with Crippen LogP contribution in [0.1, 0.15) is 6.42 Å². The number of cyclic esters (lactones) is 1. The fourth-order valence-electron chi connectivity index (χ4n) is 0.910. The molecule has 1 heterocycles. The van der Waals surface area contributed by atoms with Crippen LogP contribution in [0, 0.1) is 0 Å². The summed E-state index contributed by atoms with van der Waals surface area (Å²) in [7, 11) is 0. The first-order valence-electron chi connectivity index (χ1n) is 3.81. The molecule has 1 aliphatic heterocycles. The lowest BCUT2D eigenvalue weighted by Gasteiger charge is -2.05. The minimum absolute atomic E-state index is 0.139. The summed E-state index contributed by atoms with van der Waals surface area (Å²) in [6.07, 6.45) is 2.40. The van der Waals surface area contributed by atoms with Gasteiger partial charge in [0.25, 0.3) is 0 Å². The van der Waals surface area contributed by atoms with Gasteiger partial charge in [0, 0.05) is 12.0 Å². The highest BCUT2D eigenvalue weighted by atomic mass is 35.5. The number of rotatable bonds is 3. The van der Waals surface area contributed by atoms with E-state index in [0.717, 1.165) is 0 Å². The van der Waals surface area contributed by atoms with Crippen molar-refractivity contribution in [3.8, 4) is 0 Å². The molecule has 5 heteroatoms. The summed E-state index contributed by atoms with van der Waals surface area (Å²) in [5.41, 5.74) is 0. The molecule has 0 aliphatic carbocycles. The minimum atomic E-state index is -0.496. The molecule has 0 radical (unpaired) electrons. The molecule has 0 saturated carbocycles. The van der Waals surface area contributed by atoms with E-state index >= 15 is 0 Å². The number of allylic oxidation sites excluding steroid dienone is 1. The van der Waals surface area contributed by atoms with E-state index in [0.29, 0.717) is 0 Å². The molecule has 0 bridgehead atoms. The molecular formula is C8H9ClO4. The third-order valence-electron chi connectivity index (χ3n) is 1.45. The second-order valence-electron chi connectivity index (χ2n) is 2.50. The van der Waals surface area contributed by atoms with Gasteiger partial charge < -0.3 is 9.47 Å². The van der Waals surface area contributed by atoms with Crippen LogP contribution < -0.4 is 0 Å². The molecule has 0 aromatic heterocycles. The quantitative estimate of drug-likeness (QED) is 0.385. The molecule has 0 unspecified atom stereocenters. The van der Waals surface area contributed by atoms with Crippen molar-refractivity contribution in [2.24, 2.45) is 0 Å². The van der Waals surface area contributed by atoms with Gasteiger partial charge in [-0.25, -0.2) is 4.79 Å². The van der Waals surface area contributed by atoms with E-state index < -0.39 is 12.1 Å². The van der Waals surface area contributed by atoms with Crippen LogP contribution in [0.15, 0.2) is 12.2 Å². The normalized spacial score (nSPS) is 21.9. The number of hydrogen-bond donors (Lipinski definition) is 0. The molecule has 0 aromatic rings. The van der Waals surface area contributed by atoms with Crippen LogP contribution in [0.4, 0.5) is 0 Å². The lowest BCUT2D eigenvalue weighted by atomic mass is 10.3. The smallest absolute Gasteiger partial charge is 0.330 e. The molecule has 1 aliphatic rings. The molecule has 0 amide bonds. The molecule has 72 valence electrons. The second-order valence-corrected chi connectivity index (χ2v) is 2.81. The van der Waals surface area contributed by atoms with Crippen LogP contribution in [-0.4, -0.2) is 30.5 Å². The van der Waals surface area contributed by atoms with E-state index in [1.54, 1.807) is 0 Å². The Bertz CT molecular complexity index is 236. The minimum Gasteiger partial charge on any atom is -0.462 e. The van der Waals surface area contributed by atoms with Crippen LogP contribution in [0.2, 0.25) is 0 Å². The second kappa shape index (κ2) is 4.87. The highest BCUT2D eigenvalue weighted by molar-refractivity contribution is 6.19. The van der Waals surface area contributed by atoms with Crippen LogP contribution in [0.25, 0.3) is 0 Å². The van der Waals surface area contributed by atoms with Crippen molar-refractivity contribution in [3.05, 3.63) is 12.2 Å². The molecule has 1 rings (SSSR count). The SMILES string of the molecule is O=C(/C=C/CCl)O[C@H]1COC(=O)C1. The van der Waals surface area contributed by atoms with Crippen molar-refractivity contribution < 1.29 is 19.1 Å². The highest BCUT2D eigenvalue weighted by Crippen LogP contribution is 2.09. The Hall–Kier alpha value is -1.03. The molecule has 0 aromatic carbocycles. The van der Waals surface area contributed by atoms with E-state index in [2.05, 4.69) is 4.74 Å². The number of hydrogen-bond acceptors (Lipinski definition) is 4. The third-order valence-corrected chi connectivity index (χ3v) is 1.63. The molecule has 1 saturated heterocycles. The van der Waals surface area contributed by atoms with Gasteiger partial charge in [-0.1, -0.05) is 6.08 Å². The van der Waals surface area contributed by atoms with Crippen LogP contribution in [0.3, 0.4) is 0 Å². The van der Waals surface area contributed by atoms with Crippen LogP contribution in [0.5, 0.6) is 0 Å². The molecule has 1 atom stereocenters. The number of halogens is 1. The lowest BCUT2D eigenvalue weighted by molar-refractivity contribution is -0.143. The summed E-state index contributed by atoms with van der Waals surface area (Å²) in [6, 6.07) is 0. The van der Waals surface area contributed by atoms with Gasteiger partial charge in [0.2, 0.25) is 0 Å². The van der Waals surface area contributed by atoms with Crippen molar-refractivity contribution in [1.29, 1.82) is 0 Å². The van der Waals surface area contributed by atoms with Gasteiger partial charge >= 0.3 is 11.9 Å². The van der Waals surface area contributed by atoms with Gasteiger partial charge in [-0.15, -0.1) is 11.6 Å². The zero-order valence-electron chi connectivity index (χ0n) is 6.86. The first-order chi connectivity index (χ1) is 6.22. The van der Waals surface area contributed by atoms with E-state index in [4.69, 9.17) is 16.3 Å². The largest absolute Gasteiger partial charge is 0.462 e. The zero-order chi connectivity index (χ0) is 9.68. The molecule has 13 heavy (non-hydrogen) atoms. The summed E-state index contributed by atoms with van der Waals surface area (Å²) >= 11 is 5.31. The fourth-order valence-corrected chi connectivity index (χ4v) is 0.999. The van der Waals surface area contributed by atoms with E-state index in [1.165, 1.54) is 12.2 Å². The first-order valence-corrected chi connectivity index (χ1v) is 4.34. The summed E-state index contributed by atoms with van der Waals surface area (Å²) in [5, 5.41) is 0. The lowest BCUT2D eigenvalue weighted by Crippen LogP contribution is -2.16. The fraction of sp³-hybridized carbons (Fsp3) is 0.500. The van der Waals surface area contributed by atoms with Crippen LogP contribution in [-0.2, 0) is 19.1 Å². The molecule has 4 nitrogen and oxygen atoms in total. The van der Waals surface area contributed by atoms with Crippen molar-refractivity contribution >= 4 is 23.5 Å². The van der Waals surface area contributed by atoms with E-state index in [1.807, 2.05) is 0 Å². The molecule has 0 N–H and O–H groups in total. The first kappa shape index (κ1) is 10.1. The Kier molecular flexibility index (Phi) is 3.76. The average molecular weight is 205 g/mol. The van der Waals surface area contributed by atoms with Gasteiger partial charge in [-0.05, 0) is 0 Å². The molecule has 1 fully saturated rings. The topological polar surface area (TPSA) is 52.6 Å². The summed E-state index contributed by atoms with van der Waals surface area (Å²) < 4.78 is 9.46. The van der Waals surface area contributed by atoms with Gasteiger partial charge in [-0.3, -0.25) is 4.79 Å². The van der Waals surface area contributed by atoms with E-state index in [9.17, 15) is 9.59 Å². The summed E-state index contributed by atoms with van der Waals surface area (Å²) in [4.78, 5) is 21.5. The number of carbonyl (C=O) groups is 2. The Morgan fingerprint density at radius 3 is 3.08 bits per heavy atom. The standard InChI is InChI=1S/C8H9ClO4/c9-3-1-2-7(10)13-6-4-8(11)12-5-6/h1-2,6H,3-5H2/b2-1+/t6-/m1/s1. The number of esters is 2. The number of ether oxygens (including phenoxy) is 2. The maximum absolute atomic E-state index is 10.9. The Morgan fingerprint density at radius 2 is 2.54 bits per heavy atom. The van der Waals surface area contributed by atoms with Crippen molar-refractivity contribution in [1.82, 2.24) is 0 Å². The maximum Gasteiger partial charge on any atom is 0.330 e. The molecule has 0 spiro atoms. The summed E-state index contributed by atoms with van der Waals surface area (Å²) in [5.74, 6) is -0.571. The Labute approximate surface area is 80.5 Å². The maximum atomic E-state index is 10.9. The monoisotopic (exact) mass is 204 g/mol. The van der Waals surface area contributed by atoms with Crippen LogP contribution >= 0.6 is 11.6 Å². The van der Waals surface area contributed by atoms with Gasteiger partial charge in [0.1, 0.15) is 12.7 Å². The third kappa shape index (κ3) is 3.46. The number of alkyl halides is 1. The zero-order valence-corrected chi connectivity index (χ0v) is 7.62. The predicted molar refractivity (Wildman–Crippen MR) is 45.3 cm³/mol. The van der Waals surface area contributed by atoms with Gasteiger partial charge in [-0.2, -0.15) is 0 Å². The Morgan fingerprint density at radius 1 is 1.77 bits per heavy atom. The average Bonchev–Trinajstić information content (AvgIpc) is 2.48. The van der Waals surface area contributed by atoms with Crippen molar-refractivity contribution in [2.45, 2.75) is 12.5 Å². The van der Waals surface area contributed by atoms with Gasteiger partial charge in [0.05, 0.1) is 6.42 Å². The molecular weight excluding hydrogens is 196 g/mol. The van der Waals surface area contributed by atoms with Crippen molar-refractivity contribution in [3.63, 3.8) is 0 Å². The van der Waals surface area contributed by atoms with Gasteiger partial charge in [0.15, 0.2) is 0 Å². The summed E-state index contributed by atoms with van der Waals surface area (Å²) in [6.45, 7) is 0.152. The van der Waals surface area contributed by atoms with Crippen molar-refractivity contribution in [2.75, 3.05) is 12.5 Å². The predicted octanol–water partition coefficient (Wildman–Crippen LogP) is 0.640.